The van der Waals surface area contributed by atoms with Gasteiger partial charge in [0.05, 0.1) is 22.7 Å². The molecule has 0 atom stereocenters. The van der Waals surface area contributed by atoms with Gasteiger partial charge in [0.15, 0.2) is 5.13 Å². The summed E-state index contributed by atoms with van der Waals surface area (Å²) < 4.78 is 5.48. The fraction of sp³-hybridized carbons (Fsp3) is 0.278. The maximum Gasteiger partial charge on any atom is 0.267 e. The fourth-order valence-electron chi connectivity index (χ4n) is 3.00. The number of furan rings is 1. The second kappa shape index (κ2) is 6.69. The van der Waals surface area contributed by atoms with Crippen molar-refractivity contribution < 1.29 is 14.0 Å². The zero-order valence-corrected chi connectivity index (χ0v) is 16.0. The van der Waals surface area contributed by atoms with Crippen LogP contribution in [-0.2, 0) is 13.0 Å². The molecule has 0 fully saturated rings. The summed E-state index contributed by atoms with van der Waals surface area (Å²) in [5.41, 5.74) is 1.57. The number of rotatable bonds is 3. The minimum Gasteiger partial charge on any atom is -0.466 e. The first-order valence-electron chi connectivity index (χ1n) is 8.21. The van der Waals surface area contributed by atoms with Crippen LogP contribution in [0.2, 0.25) is 0 Å². The lowest BCUT2D eigenvalue weighted by atomic mass is 10.1. The molecule has 26 heavy (non-hydrogen) atoms. The Morgan fingerprint density at radius 2 is 2.19 bits per heavy atom. The van der Waals surface area contributed by atoms with E-state index in [4.69, 9.17) is 4.42 Å². The van der Waals surface area contributed by atoms with E-state index in [1.54, 1.807) is 19.1 Å². The number of carbonyl (C=O) groups is 2. The number of aryl methyl sites for hydroxylation is 2. The van der Waals surface area contributed by atoms with Gasteiger partial charge in [-0.3, -0.25) is 14.9 Å². The van der Waals surface area contributed by atoms with E-state index in [9.17, 15) is 9.59 Å². The molecule has 1 aliphatic rings. The quantitative estimate of drug-likeness (QED) is 0.740. The average molecular weight is 387 g/mol. The van der Waals surface area contributed by atoms with Gasteiger partial charge >= 0.3 is 0 Å². The van der Waals surface area contributed by atoms with Gasteiger partial charge in [-0.1, -0.05) is 17.4 Å². The minimum atomic E-state index is -0.150. The van der Waals surface area contributed by atoms with Crippen LogP contribution in [0.4, 0.5) is 5.13 Å². The molecule has 1 aliphatic heterocycles. The van der Waals surface area contributed by atoms with Crippen molar-refractivity contribution in [2.75, 3.05) is 11.9 Å². The molecular weight excluding hydrogens is 370 g/mol. The van der Waals surface area contributed by atoms with E-state index in [1.165, 1.54) is 22.7 Å². The van der Waals surface area contributed by atoms with Crippen LogP contribution >= 0.6 is 22.7 Å². The molecule has 0 aromatic carbocycles. The highest BCUT2D eigenvalue weighted by atomic mass is 32.1. The predicted molar refractivity (Wildman–Crippen MR) is 101 cm³/mol. The molecule has 6 nitrogen and oxygen atoms in total. The van der Waals surface area contributed by atoms with E-state index in [2.05, 4.69) is 10.3 Å². The van der Waals surface area contributed by atoms with Crippen LogP contribution in [0, 0.1) is 13.8 Å². The van der Waals surface area contributed by atoms with E-state index in [0.29, 0.717) is 40.8 Å². The molecule has 0 saturated carbocycles. The summed E-state index contributed by atoms with van der Waals surface area (Å²) in [4.78, 5) is 32.9. The molecule has 2 amide bonds. The maximum absolute atomic E-state index is 12.8. The number of anilines is 1. The van der Waals surface area contributed by atoms with Gasteiger partial charge in [0.2, 0.25) is 0 Å². The molecule has 4 heterocycles. The molecule has 0 bridgehead atoms. The molecule has 0 unspecified atom stereocenters. The Balaban J connectivity index is 1.49. The smallest absolute Gasteiger partial charge is 0.267 e. The molecule has 0 spiro atoms. The van der Waals surface area contributed by atoms with Crippen molar-refractivity contribution in [1.82, 2.24) is 9.88 Å². The van der Waals surface area contributed by atoms with E-state index in [-0.39, 0.29) is 11.8 Å². The molecule has 0 radical (unpaired) electrons. The number of carbonyl (C=O) groups excluding carboxylic acids is 2. The maximum atomic E-state index is 12.8. The van der Waals surface area contributed by atoms with E-state index in [0.717, 1.165) is 16.3 Å². The molecule has 3 aromatic rings. The van der Waals surface area contributed by atoms with Crippen LogP contribution in [-0.4, -0.2) is 28.2 Å². The highest BCUT2D eigenvalue weighted by Gasteiger charge is 2.27. The first-order valence-corrected chi connectivity index (χ1v) is 9.90. The lowest BCUT2D eigenvalue weighted by Crippen LogP contribution is -2.35. The van der Waals surface area contributed by atoms with Gasteiger partial charge in [-0.05, 0) is 31.4 Å². The Hall–Kier alpha value is -2.45. The summed E-state index contributed by atoms with van der Waals surface area (Å²) in [7, 11) is 0. The molecule has 0 saturated heterocycles. The van der Waals surface area contributed by atoms with Crippen molar-refractivity contribution in [2.45, 2.75) is 26.8 Å². The van der Waals surface area contributed by atoms with Crippen LogP contribution in [0.15, 0.2) is 28.0 Å². The largest absolute Gasteiger partial charge is 0.466 e. The summed E-state index contributed by atoms with van der Waals surface area (Å²) >= 11 is 2.82. The molecule has 4 rings (SSSR count). The third-order valence-corrected chi connectivity index (χ3v) is 6.12. The van der Waals surface area contributed by atoms with Crippen molar-refractivity contribution in [3.63, 3.8) is 0 Å². The Morgan fingerprint density at radius 1 is 1.35 bits per heavy atom. The van der Waals surface area contributed by atoms with Crippen LogP contribution in [0.5, 0.6) is 0 Å². The van der Waals surface area contributed by atoms with E-state index in [1.807, 2.05) is 23.3 Å². The number of thiazole rings is 1. The highest BCUT2D eigenvalue weighted by molar-refractivity contribution is 7.16. The van der Waals surface area contributed by atoms with Crippen LogP contribution in [0.1, 0.15) is 42.1 Å². The Labute approximate surface area is 158 Å². The highest BCUT2D eigenvalue weighted by Crippen LogP contribution is 2.30. The molecule has 1 N–H and O–H groups in total. The summed E-state index contributed by atoms with van der Waals surface area (Å²) in [6, 6.07) is 5.41. The molecule has 8 heteroatoms. The Kier molecular flexibility index (Phi) is 4.37. The van der Waals surface area contributed by atoms with Gasteiger partial charge < -0.3 is 9.32 Å². The average Bonchev–Trinajstić information content (AvgIpc) is 3.32. The van der Waals surface area contributed by atoms with Crippen molar-refractivity contribution in [1.29, 1.82) is 0 Å². The van der Waals surface area contributed by atoms with Gasteiger partial charge in [-0.15, -0.1) is 11.3 Å². The zero-order valence-electron chi connectivity index (χ0n) is 14.4. The molecule has 3 aromatic heterocycles. The summed E-state index contributed by atoms with van der Waals surface area (Å²) in [5.74, 6) is 1.21. The topological polar surface area (TPSA) is 75.4 Å². The van der Waals surface area contributed by atoms with Gasteiger partial charge in [-0.25, -0.2) is 4.98 Å². The van der Waals surface area contributed by atoms with Gasteiger partial charge in [0.25, 0.3) is 11.8 Å². The van der Waals surface area contributed by atoms with Crippen molar-refractivity contribution in [3.8, 4) is 0 Å². The number of nitrogens with one attached hydrogen (secondary N) is 1. The number of thiophene rings is 1. The SMILES string of the molecule is Cc1cc(C(=O)N2CCc3nc(NC(=O)c4cccs4)sc3C2)c(C)o1. The molecule has 134 valence electrons. The van der Waals surface area contributed by atoms with E-state index >= 15 is 0 Å². The van der Waals surface area contributed by atoms with Crippen molar-refractivity contribution in [2.24, 2.45) is 0 Å². The minimum absolute atomic E-state index is 0.0254. The monoisotopic (exact) mass is 387 g/mol. The molecule has 0 aliphatic carbocycles. The normalized spacial score (nSPS) is 13.5. The third kappa shape index (κ3) is 3.17. The molecular formula is C18H17N3O3S2. The zero-order chi connectivity index (χ0) is 18.3. The second-order valence-electron chi connectivity index (χ2n) is 6.12. The van der Waals surface area contributed by atoms with Crippen LogP contribution in [0.25, 0.3) is 0 Å². The Morgan fingerprint density at radius 3 is 2.88 bits per heavy atom. The van der Waals surface area contributed by atoms with Crippen molar-refractivity contribution >= 4 is 39.6 Å². The number of hydrogen-bond acceptors (Lipinski definition) is 6. The lowest BCUT2D eigenvalue weighted by molar-refractivity contribution is 0.0734. The Bertz CT molecular complexity index is 972. The third-order valence-electron chi connectivity index (χ3n) is 4.26. The number of hydrogen-bond donors (Lipinski definition) is 1. The number of amides is 2. The standard InChI is InChI=1S/C18H17N3O3S2/c1-10-8-12(11(2)24-10)17(23)21-6-5-13-15(9-21)26-18(19-13)20-16(22)14-4-3-7-25-14/h3-4,7-8H,5-6,9H2,1-2H3,(H,19,20,22). The van der Waals surface area contributed by atoms with Crippen molar-refractivity contribution in [3.05, 3.63) is 56.1 Å². The van der Waals surface area contributed by atoms with Crippen LogP contribution in [0.3, 0.4) is 0 Å². The van der Waals surface area contributed by atoms with Gasteiger partial charge in [0.1, 0.15) is 11.5 Å². The van der Waals surface area contributed by atoms with Gasteiger partial charge in [0, 0.05) is 17.8 Å². The first kappa shape index (κ1) is 17.0. The second-order valence-corrected chi connectivity index (χ2v) is 8.16. The lowest BCUT2D eigenvalue weighted by Gasteiger charge is -2.25. The summed E-state index contributed by atoms with van der Waals surface area (Å²) in [6.45, 7) is 4.76. The number of aromatic nitrogens is 1. The summed E-state index contributed by atoms with van der Waals surface area (Å²) in [5, 5.41) is 5.30. The van der Waals surface area contributed by atoms with Gasteiger partial charge in [-0.2, -0.15) is 0 Å². The number of nitrogens with zero attached hydrogens (tertiary/aromatic N) is 2. The van der Waals surface area contributed by atoms with Crippen LogP contribution < -0.4 is 5.32 Å². The van der Waals surface area contributed by atoms with E-state index < -0.39 is 0 Å². The fourth-order valence-corrected chi connectivity index (χ4v) is 4.64. The predicted octanol–water partition coefficient (Wildman–Crippen LogP) is 3.87. The number of fused-ring (bicyclic) bond motifs is 1. The first-order chi connectivity index (χ1) is 12.5. The summed E-state index contributed by atoms with van der Waals surface area (Å²) in [6.07, 6.45) is 0.683.